The number of nitrogens with one attached hydrogen (secondary N) is 1. The van der Waals surface area contributed by atoms with Crippen molar-refractivity contribution in [2.45, 2.75) is 20.3 Å². The maximum absolute atomic E-state index is 13.5. The van der Waals surface area contributed by atoms with E-state index in [9.17, 15) is 9.18 Å². The highest BCUT2D eigenvalue weighted by molar-refractivity contribution is 9.10. The van der Waals surface area contributed by atoms with E-state index < -0.39 is 5.82 Å². The van der Waals surface area contributed by atoms with Crippen molar-refractivity contribution >= 4 is 21.8 Å². The van der Waals surface area contributed by atoms with Gasteiger partial charge in [0, 0.05) is 12.1 Å². The van der Waals surface area contributed by atoms with Crippen LogP contribution in [0.2, 0.25) is 0 Å². The third-order valence-corrected chi connectivity index (χ3v) is 4.13. The van der Waals surface area contributed by atoms with Crippen molar-refractivity contribution in [3.8, 4) is 11.5 Å². The van der Waals surface area contributed by atoms with Crippen molar-refractivity contribution in [3.05, 3.63) is 57.8 Å². The Balaban J connectivity index is 1.95. The van der Waals surface area contributed by atoms with Gasteiger partial charge in [-0.15, -0.1) is 0 Å². The fourth-order valence-electron chi connectivity index (χ4n) is 2.31. The largest absolute Gasteiger partial charge is 0.490 e. The van der Waals surface area contributed by atoms with E-state index in [0.717, 1.165) is 5.56 Å². The van der Waals surface area contributed by atoms with Crippen LogP contribution in [0.15, 0.2) is 40.9 Å². The van der Waals surface area contributed by atoms with Crippen molar-refractivity contribution in [2.75, 3.05) is 19.8 Å². The van der Waals surface area contributed by atoms with Gasteiger partial charge in [0.25, 0.3) is 5.91 Å². The number of halogens is 2. The van der Waals surface area contributed by atoms with Gasteiger partial charge in [-0.05, 0) is 72.1 Å². The third kappa shape index (κ3) is 5.46. The summed E-state index contributed by atoms with van der Waals surface area (Å²) < 4.78 is 25.0. The Bertz CT molecular complexity index is 737. The molecule has 2 aromatic rings. The van der Waals surface area contributed by atoms with E-state index >= 15 is 0 Å². The molecule has 4 nitrogen and oxygen atoms in total. The number of carbonyl (C=O) groups excluding carboxylic acids is 1. The van der Waals surface area contributed by atoms with Crippen molar-refractivity contribution in [2.24, 2.45) is 0 Å². The van der Waals surface area contributed by atoms with Crippen LogP contribution in [0, 0.1) is 5.82 Å². The smallest absolute Gasteiger partial charge is 0.251 e. The summed E-state index contributed by atoms with van der Waals surface area (Å²) in [6, 6.07) is 10.0. The molecule has 0 saturated carbocycles. The second-order valence-electron chi connectivity index (χ2n) is 5.28. The molecule has 0 saturated heterocycles. The molecule has 6 heteroatoms. The SMILES string of the molecule is CCOc1ccc(CCNC(=O)c2ccc(Br)c(F)c2)cc1OCC. The molecule has 0 radical (unpaired) electrons. The number of rotatable bonds is 8. The van der Waals surface area contributed by atoms with Gasteiger partial charge in [0.1, 0.15) is 5.82 Å². The summed E-state index contributed by atoms with van der Waals surface area (Å²) >= 11 is 3.07. The Morgan fingerprint density at radius 1 is 1.08 bits per heavy atom. The van der Waals surface area contributed by atoms with Crippen LogP contribution in [0.5, 0.6) is 11.5 Å². The van der Waals surface area contributed by atoms with Crippen LogP contribution < -0.4 is 14.8 Å². The molecule has 1 amide bonds. The van der Waals surface area contributed by atoms with Gasteiger partial charge in [-0.3, -0.25) is 4.79 Å². The normalized spacial score (nSPS) is 10.4. The first-order valence-electron chi connectivity index (χ1n) is 8.17. The first kappa shape index (κ1) is 19.2. The lowest BCUT2D eigenvalue weighted by atomic mass is 10.1. The maximum Gasteiger partial charge on any atom is 0.251 e. The number of carbonyl (C=O) groups is 1. The molecule has 2 rings (SSSR count). The van der Waals surface area contributed by atoms with Crippen LogP contribution in [-0.4, -0.2) is 25.7 Å². The van der Waals surface area contributed by atoms with Crippen molar-refractivity contribution in [3.63, 3.8) is 0 Å². The van der Waals surface area contributed by atoms with Crippen LogP contribution in [0.4, 0.5) is 4.39 Å². The van der Waals surface area contributed by atoms with Gasteiger partial charge in [-0.2, -0.15) is 0 Å². The number of ether oxygens (including phenoxy) is 2. The molecular weight excluding hydrogens is 389 g/mol. The van der Waals surface area contributed by atoms with E-state index in [1.165, 1.54) is 12.1 Å². The van der Waals surface area contributed by atoms with Gasteiger partial charge in [0.05, 0.1) is 17.7 Å². The Labute approximate surface area is 155 Å². The summed E-state index contributed by atoms with van der Waals surface area (Å²) in [4.78, 5) is 12.1. The summed E-state index contributed by atoms with van der Waals surface area (Å²) in [5.41, 5.74) is 1.32. The molecule has 0 aromatic heterocycles. The van der Waals surface area contributed by atoms with E-state index in [1.54, 1.807) is 6.07 Å². The van der Waals surface area contributed by atoms with Crippen LogP contribution in [0.3, 0.4) is 0 Å². The minimum atomic E-state index is -0.458. The van der Waals surface area contributed by atoms with Gasteiger partial charge in [-0.25, -0.2) is 4.39 Å². The predicted molar refractivity (Wildman–Crippen MR) is 98.9 cm³/mol. The topological polar surface area (TPSA) is 47.6 Å². The Morgan fingerprint density at radius 3 is 2.48 bits per heavy atom. The van der Waals surface area contributed by atoms with Crippen molar-refractivity contribution in [1.29, 1.82) is 0 Å². The third-order valence-electron chi connectivity index (χ3n) is 3.49. The first-order valence-corrected chi connectivity index (χ1v) is 8.96. The van der Waals surface area contributed by atoms with E-state index in [4.69, 9.17) is 9.47 Å². The molecule has 0 atom stereocenters. The zero-order valence-corrected chi connectivity index (χ0v) is 15.9. The summed E-state index contributed by atoms with van der Waals surface area (Å²) in [6.45, 7) is 5.40. The minimum absolute atomic E-state index is 0.294. The molecule has 0 aliphatic carbocycles. The monoisotopic (exact) mass is 409 g/mol. The second-order valence-corrected chi connectivity index (χ2v) is 6.14. The number of amides is 1. The van der Waals surface area contributed by atoms with E-state index in [2.05, 4.69) is 21.2 Å². The Morgan fingerprint density at radius 2 is 1.80 bits per heavy atom. The van der Waals surface area contributed by atoms with Gasteiger partial charge in [-0.1, -0.05) is 6.07 Å². The van der Waals surface area contributed by atoms with Gasteiger partial charge < -0.3 is 14.8 Å². The highest BCUT2D eigenvalue weighted by atomic mass is 79.9. The first-order chi connectivity index (χ1) is 12.0. The van der Waals surface area contributed by atoms with E-state index in [0.29, 0.717) is 47.7 Å². The van der Waals surface area contributed by atoms with Gasteiger partial charge in [0.15, 0.2) is 11.5 Å². The molecule has 0 aliphatic rings. The van der Waals surface area contributed by atoms with Crippen LogP contribution in [0.25, 0.3) is 0 Å². The lowest BCUT2D eigenvalue weighted by molar-refractivity contribution is 0.0953. The zero-order chi connectivity index (χ0) is 18.2. The Hall–Kier alpha value is -2.08. The summed E-state index contributed by atoms with van der Waals surface area (Å²) in [5, 5.41) is 2.79. The molecule has 0 fully saturated rings. The van der Waals surface area contributed by atoms with Crippen LogP contribution >= 0.6 is 15.9 Å². The molecular formula is C19H21BrFNO3. The zero-order valence-electron chi connectivity index (χ0n) is 14.3. The van der Waals surface area contributed by atoms with E-state index in [-0.39, 0.29) is 5.91 Å². The lowest BCUT2D eigenvalue weighted by Gasteiger charge is -2.12. The van der Waals surface area contributed by atoms with Crippen molar-refractivity contribution < 1.29 is 18.7 Å². The maximum atomic E-state index is 13.5. The van der Waals surface area contributed by atoms with E-state index in [1.807, 2.05) is 32.0 Å². The van der Waals surface area contributed by atoms with Gasteiger partial charge in [0.2, 0.25) is 0 Å². The molecule has 134 valence electrons. The molecule has 0 unspecified atom stereocenters. The molecule has 0 spiro atoms. The standard InChI is InChI=1S/C19H21BrFNO3/c1-3-24-17-8-5-13(11-18(17)25-4-2)9-10-22-19(23)14-6-7-15(20)16(21)12-14/h5-8,11-12H,3-4,9-10H2,1-2H3,(H,22,23). The van der Waals surface area contributed by atoms with Crippen LogP contribution in [0.1, 0.15) is 29.8 Å². The fraction of sp³-hybridized carbons (Fsp3) is 0.316. The average Bonchev–Trinajstić information content (AvgIpc) is 2.60. The lowest BCUT2D eigenvalue weighted by Crippen LogP contribution is -2.25. The highest BCUT2D eigenvalue weighted by Gasteiger charge is 2.09. The highest BCUT2D eigenvalue weighted by Crippen LogP contribution is 2.28. The number of hydrogen-bond acceptors (Lipinski definition) is 3. The number of benzene rings is 2. The quantitative estimate of drug-likeness (QED) is 0.704. The molecule has 0 bridgehead atoms. The van der Waals surface area contributed by atoms with Crippen LogP contribution in [-0.2, 0) is 6.42 Å². The fourth-order valence-corrected chi connectivity index (χ4v) is 2.56. The molecule has 0 aliphatic heterocycles. The molecule has 1 N–H and O–H groups in total. The summed E-state index contributed by atoms with van der Waals surface area (Å²) in [6.07, 6.45) is 0.636. The summed E-state index contributed by atoms with van der Waals surface area (Å²) in [5.74, 6) is 0.647. The van der Waals surface area contributed by atoms with Crippen molar-refractivity contribution in [1.82, 2.24) is 5.32 Å². The molecule has 2 aromatic carbocycles. The molecule has 25 heavy (non-hydrogen) atoms. The number of hydrogen-bond donors (Lipinski definition) is 1. The Kier molecular flexibility index (Phi) is 7.25. The second kappa shape index (κ2) is 9.42. The summed E-state index contributed by atoms with van der Waals surface area (Å²) in [7, 11) is 0. The molecule has 0 heterocycles. The predicted octanol–water partition coefficient (Wildman–Crippen LogP) is 4.36. The average molecular weight is 410 g/mol. The van der Waals surface area contributed by atoms with Gasteiger partial charge >= 0.3 is 0 Å². The minimum Gasteiger partial charge on any atom is -0.490 e.